The van der Waals surface area contributed by atoms with Gasteiger partial charge >= 0.3 is 0 Å². The summed E-state index contributed by atoms with van der Waals surface area (Å²) in [5.74, 6) is 0. The third-order valence-electron chi connectivity index (χ3n) is 8.73. The molecule has 0 saturated carbocycles. The maximum atomic E-state index is 5.87. The zero-order valence-corrected chi connectivity index (χ0v) is 23.0. The molecule has 4 aliphatic rings. The minimum absolute atomic E-state index is 0.314. The first-order valence-electron chi connectivity index (χ1n) is 14.0. The second-order valence-electron chi connectivity index (χ2n) is 11.7. The molecule has 0 aromatic rings. The molecule has 0 radical (unpaired) electrons. The summed E-state index contributed by atoms with van der Waals surface area (Å²) in [6.07, 6.45) is 6.77. The van der Waals surface area contributed by atoms with Crippen molar-refractivity contribution >= 4 is 0 Å². The zero-order chi connectivity index (χ0) is 25.1. The van der Waals surface area contributed by atoms with Crippen LogP contribution in [0.2, 0.25) is 0 Å². The normalized spacial score (nSPS) is 24.7. The highest BCUT2D eigenvalue weighted by atomic mass is 16.5. The molecule has 7 heteroatoms. The van der Waals surface area contributed by atoms with Gasteiger partial charge in [-0.15, -0.1) is 0 Å². The van der Waals surface area contributed by atoms with Crippen LogP contribution in [-0.2, 0) is 33.2 Å². The summed E-state index contributed by atoms with van der Waals surface area (Å²) in [6.45, 7) is 20.9. The molecule has 0 amide bonds. The molecule has 4 rings (SSSR count). The van der Waals surface area contributed by atoms with Crippen molar-refractivity contribution < 1.29 is 33.2 Å². The van der Waals surface area contributed by atoms with Crippen molar-refractivity contribution in [3.8, 4) is 0 Å². The van der Waals surface area contributed by atoms with Crippen LogP contribution in [0.4, 0.5) is 0 Å². The molecule has 4 heterocycles. The van der Waals surface area contributed by atoms with Crippen molar-refractivity contribution in [3.63, 3.8) is 0 Å². The molecule has 0 spiro atoms. The SMILES string of the molecule is CCC1(COCC2(CC)COC2)COC1.CCC1(COCCCCOCC2(CC)COC2)COC1. The van der Waals surface area contributed by atoms with E-state index in [0.29, 0.717) is 21.7 Å². The van der Waals surface area contributed by atoms with Gasteiger partial charge in [-0.05, 0) is 38.5 Å². The number of ether oxygens (including phenoxy) is 7. The Balaban J connectivity index is 0.000000203. The van der Waals surface area contributed by atoms with Crippen LogP contribution < -0.4 is 0 Å². The second kappa shape index (κ2) is 14.0. The molecular weight excluding hydrogens is 448 g/mol. The molecule has 206 valence electrons. The third kappa shape index (κ3) is 8.10. The molecule has 0 unspecified atom stereocenters. The number of hydrogen-bond acceptors (Lipinski definition) is 7. The number of unbranched alkanes of at least 4 members (excludes halogenated alkanes) is 1. The Kier molecular flexibility index (Phi) is 11.7. The molecule has 0 aromatic carbocycles. The predicted octanol–water partition coefficient (Wildman–Crippen LogP) is 4.51. The van der Waals surface area contributed by atoms with Crippen LogP contribution in [0.25, 0.3) is 0 Å². The van der Waals surface area contributed by atoms with E-state index in [0.717, 1.165) is 131 Å². The van der Waals surface area contributed by atoms with Gasteiger partial charge in [-0.25, -0.2) is 0 Å². The number of rotatable bonds is 17. The van der Waals surface area contributed by atoms with Gasteiger partial charge in [-0.2, -0.15) is 0 Å². The summed E-state index contributed by atoms with van der Waals surface area (Å²) >= 11 is 0. The summed E-state index contributed by atoms with van der Waals surface area (Å²) < 4.78 is 38.5. The predicted molar refractivity (Wildman–Crippen MR) is 136 cm³/mol. The minimum Gasteiger partial charge on any atom is -0.381 e. The van der Waals surface area contributed by atoms with Gasteiger partial charge in [-0.1, -0.05) is 27.7 Å². The fraction of sp³-hybridized carbons (Fsp3) is 1.00. The molecule has 4 aliphatic heterocycles. The van der Waals surface area contributed by atoms with E-state index < -0.39 is 0 Å². The summed E-state index contributed by atoms with van der Waals surface area (Å²) in [6, 6.07) is 0. The van der Waals surface area contributed by atoms with Gasteiger partial charge in [0.05, 0.1) is 79.3 Å². The highest BCUT2D eigenvalue weighted by molar-refractivity contribution is 4.87. The first kappa shape index (κ1) is 29.3. The molecule has 35 heavy (non-hydrogen) atoms. The van der Waals surface area contributed by atoms with Crippen molar-refractivity contribution in [2.45, 2.75) is 66.2 Å². The smallest absolute Gasteiger partial charge is 0.0566 e. The second-order valence-corrected chi connectivity index (χ2v) is 11.7. The van der Waals surface area contributed by atoms with Gasteiger partial charge in [0.2, 0.25) is 0 Å². The maximum absolute atomic E-state index is 5.87. The van der Waals surface area contributed by atoms with Crippen molar-refractivity contribution in [3.05, 3.63) is 0 Å². The Labute approximate surface area is 213 Å². The van der Waals surface area contributed by atoms with E-state index in [-0.39, 0.29) is 0 Å². The van der Waals surface area contributed by atoms with E-state index in [4.69, 9.17) is 33.2 Å². The first-order valence-corrected chi connectivity index (χ1v) is 14.0. The largest absolute Gasteiger partial charge is 0.381 e. The van der Waals surface area contributed by atoms with Crippen LogP contribution in [0.1, 0.15) is 66.2 Å². The summed E-state index contributed by atoms with van der Waals surface area (Å²) in [7, 11) is 0. The van der Waals surface area contributed by atoms with Crippen LogP contribution >= 0.6 is 0 Å². The Morgan fingerprint density at radius 3 is 0.886 bits per heavy atom. The lowest BCUT2D eigenvalue weighted by Gasteiger charge is -2.44. The van der Waals surface area contributed by atoms with Gasteiger partial charge in [0.15, 0.2) is 0 Å². The molecule has 0 atom stereocenters. The van der Waals surface area contributed by atoms with Crippen molar-refractivity contribution in [2.24, 2.45) is 21.7 Å². The van der Waals surface area contributed by atoms with Crippen LogP contribution in [0, 0.1) is 21.7 Å². The lowest BCUT2D eigenvalue weighted by atomic mass is 9.83. The molecule has 0 bridgehead atoms. The standard InChI is InChI=1S/C16H30O4.C12H22O3/c1-3-15(11-19-12-15)9-17-7-5-6-8-18-10-16(4-2)13-20-14-16;1-3-11(5-13-6-11)9-15-10-12(4-2)7-14-8-12/h3-14H2,1-2H3;3-10H2,1-2H3. The minimum atomic E-state index is 0.314. The lowest BCUT2D eigenvalue weighted by Crippen LogP contribution is -2.49. The molecule has 0 aromatic heterocycles. The quantitative estimate of drug-likeness (QED) is 0.272. The fourth-order valence-electron chi connectivity index (χ4n) is 4.59. The molecular formula is C28H52O7. The van der Waals surface area contributed by atoms with Crippen LogP contribution in [0.3, 0.4) is 0 Å². The Morgan fingerprint density at radius 2 is 0.686 bits per heavy atom. The van der Waals surface area contributed by atoms with E-state index in [1.807, 2.05) is 0 Å². The van der Waals surface area contributed by atoms with Crippen LogP contribution in [0.15, 0.2) is 0 Å². The Bertz CT molecular complexity index is 508. The van der Waals surface area contributed by atoms with Gasteiger partial charge < -0.3 is 33.2 Å². The van der Waals surface area contributed by atoms with Gasteiger partial charge in [0.25, 0.3) is 0 Å². The van der Waals surface area contributed by atoms with Crippen LogP contribution in [0.5, 0.6) is 0 Å². The molecule has 4 saturated heterocycles. The van der Waals surface area contributed by atoms with E-state index in [1.54, 1.807) is 0 Å². The molecule has 0 aliphatic carbocycles. The Morgan fingerprint density at radius 1 is 0.429 bits per heavy atom. The molecule has 0 N–H and O–H groups in total. The van der Waals surface area contributed by atoms with Crippen molar-refractivity contribution in [1.82, 2.24) is 0 Å². The lowest BCUT2D eigenvalue weighted by molar-refractivity contribution is -0.187. The fourth-order valence-corrected chi connectivity index (χ4v) is 4.59. The third-order valence-corrected chi connectivity index (χ3v) is 8.73. The van der Waals surface area contributed by atoms with E-state index in [9.17, 15) is 0 Å². The highest BCUT2D eigenvalue weighted by Gasteiger charge is 2.41. The van der Waals surface area contributed by atoms with Crippen molar-refractivity contribution in [2.75, 3.05) is 92.5 Å². The van der Waals surface area contributed by atoms with Gasteiger partial charge in [-0.3, -0.25) is 0 Å². The molecule has 7 nitrogen and oxygen atoms in total. The highest BCUT2D eigenvalue weighted by Crippen LogP contribution is 2.35. The monoisotopic (exact) mass is 500 g/mol. The topological polar surface area (TPSA) is 64.6 Å². The van der Waals surface area contributed by atoms with Gasteiger partial charge in [0.1, 0.15) is 0 Å². The van der Waals surface area contributed by atoms with E-state index >= 15 is 0 Å². The first-order chi connectivity index (χ1) is 17.0. The Hall–Kier alpha value is -0.280. The van der Waals surface area contributed by atoms with E-state index in [1.165, 1.54) is 0 Å². The molecule has 4 fully saturated rings. The van der Waals surface area contributed by atoms with Crippen molar-refractivity contribution in [1.29, 1.82) is 0 Å². The van der Waals surface area contributed by atoms with Gasteiger partial charge in [0, 0.05) is 34.9 Å². The average molecular weight is 501 g/mol. The number of hydrogen-bond donors (Lipinski definition) is 0. The zero-order valence-electron chi connectivity index (χ0n) is 23.0. The van der Waals surface area contributed by atoms with E-state index in [2.05, 4.69) is 27.7 Å². The summed E-state index contributed by atoms with van der Waals surface area (Å²) in [5.41, 5.74) is 1.27. The maximum Gasteiger partial charge on any atom is 0.0566 e. The van der Waals surface area contributed by atoms with Crippen LogP contribution in [-0.4, -0.2) is 92.5 Å². The summed E-state index contributed by atoms with van der Waals surface area (Å²) in [5, 5.41) is 0. The summed E-state index contributed by atoms with van der Waals surface area (Å²) in [4.78, 5) is 0. The average Bonchev–Trinajstić information content (AvgIpc) is 2.77.